The van der Waals surface area contributed by atoms with E-state index in [1.807, 2.05) is 6.07 Å². The van der Waals surface area contributed by atoms with Crippen LogP contribution in [0.1, 0.15) is 31.7 Å². The summed E-state index contributed by atoms with van der Waals surface area (Å²) in [6.07, 6.45) is 1.20. The van der Waals surface area contributed by atoms with Crippen LogP contribution in [0, 0.1) is 12.8 Å². The van der Waals surface area contributed by atoms with Crippen molar-refractivity contribution in [1.82, 2.24) is 0 Å². The van der Waals surface area contributed by atoms with E-state index in [2.05, 4.69) is 45.0 Å². The molecule has 12 heavy (non-hydrogen) atoms. The third kappa shape index (κ3) is 2.10. The molecule has 0 saturated heterocycles. The highest BCUT2D eigenvalue weighted by Crippen LogP contribution is 2.25. The van der Waals surface area contributed by atoms with Gasteiger partial charge in [-0.25, -0.2) is 0 Å². The summed E-state index contributed by atoms with van der Waals surface area (Å²) in [6.45, 7) is 8.65. The molecule has 0 fully saturated rings. The quantitative estimate of drug-likeness (QED) is 0.634. The Morgan fingerprint density at radius 2 is 1.83 bits per heavy atom. The Bertz CT molecular complexity index is 213. The van der Waals surface area contributed by atoms with Crippen molar-refractivity contribution < 1.29 is 0 Å². The molecule has 0 aliphatic heterocycles. The lowest BCUT2D eigenvalue weighted by atomic mass is 9.87. The van der Waals surface area contributed by atoms with Crippen molar-refractivity contribution >= 4 is 0 Å². The average molecular weight is 161 g/mol. The molecule has 0 nitrogen and oxygen atoms in total. The van der Waals surface area contributed by atoms with Gasteiger partial charge in [0.05, 0.1) is 0 Å². The van der Waals surface area contributed by atoms with Crippen LogP contribution in [-0.2, 0) is 0 Å². The van der Waals surface area contributed by atoms with E-state index in [9.17, 15) is 0 Å². The first kappa shape index (κ1) is 9.31. The third-order valence-electron chi connectivity index (χ3n) is 2.56. The zero-order chi connectivity index (χ0) is 8.97. The molecule has 1 rings (SSSR count). The first-order valence-electron chi connectivity index (χ1n) is 4.63. The van der Waals surface area contributed by atoms with Gasteiger partial charge in [-0.3, -0.25) is 0 Å². The zero-order valence-electron chi connectivity index (χ0n) is 7.96. The van der Waals surface area contributed by atoms with Crippen molar-refractivity contribution in [2.45, 2.75) is 26.2 Å². The molecule has 65 valence electrons. The van der Waals surface area contributed by atoms with Gasteiger partial charge in [0, 0.05) is 0 Å². The van der Waals surface area contributed by atoms with Gasteiger partial charge >= 0.3 is 0 Å². The molecule has 0 saturated carbocycles. The molecule has 0 heteroatoms. The summed E-state index contributed by atoms with van der Waals surface area (Å²) >= 11 is 0. The Balaban J connectivity index is 2.71. The molecule has 0 aliphatic carbocycles. The van der Waals surface area contributed by atoms with Gasteiger partial charge in [0.25, 0.3) is 0 Å². The zero-order valence-corrected chi connectivity index (χ0v) is 7.96. The highest BCUT2D eigenvalue weighted by atomic mass is 14.2. The first-order valence-corrected chi connectivity index (χ1v) is 4.63. The fraction of sp³-hybridized carbons (Fsp3) is 0.417. The van der Waals surface area contributed by atoms with Crippen LogP contribution in [0.4, 0.5) is 0 Å². The topological polar surface area (TPSA) is 0 Å². The molecule has 0 heterocycles. The Kier molecular flexibility index (Phi) is 3.33. The molecule has 2 atom stereocenters. The molecule has 0 aromatic heterocycles. The summed E-state index contributed by atoms with van der Waals surface area (Å²) in [5.74, 6) is 1.11. The van der Waals surface area contributed by atoms with Crippen molar-refractivity contribution in [1.29, 1.82) is 0 Å². The van der Waals surface area contributed by atoms with Gasteiger partial charge in [-0.05, 0) is 24.3 Å². The summed E-state index contributed by atoms with van der Waals surface area (Å²) in [5.41, 5.74) is 1.35. The normalized spacial score (nSPS) is 15.6. The van der Waals surface area contributed by atoms with Gasteiger partial charge in [-0.2, -0.15) is 0 Å². The van der Waals surface area contributed by atoms with E-state index in [1.165, 1.54) is 12.0 Å². The van der Waals surface area contributed by atoms with E-state index in [0.717, 1.165) is 0 Å². The summed E-state index contributed by atoms with van der Waals surface area (Å²) in [4.78, 5) is 0. The van der Waals surface area contributed by atoms with Crippen LogP contribution in [0.5, 0.6) is 0 Å². The van der Waals surface area contributed by atoms with E-state index < -0.39 is 0 Å². The second kappa shape index (κ2) is 4.30. The van der Waals surface area contributed by atoms with Gasteiger partial charge in [0.2, 0.25) is 0 Å². The highest BCUT2D eigenvalue weighted by molar-refractivity contribution is 5.20. The fourth-order valence-electron chi connectivity index (χ4n) is 1.31. The smallest absolute Gasteiger partial charge is 0.0136 e. The largest absolute Gasteiger partial charge is 0.0651 e. The Labute approximate surface area is 75.6 Å². The predicted octanol–water partition coefficient (Wildman–Crippen LogP) is 3.65. The predicted molar refractivity (Wildman–Crippen MR) is 54.0 cm³/mol. The van der Waals surface area contributed by atoms with Crippen LogP contribution in [0.2, 0.25) is 0 Å². The minimum atomic E-state index is 0.441. The standard InChI is InChI=1S/C12H17/c1-4-10(2)11(3)12-8-6-5-7-9-12/h5-11H,3-4H2,1-2H3. The van der Waals surface area contributed by atoms with E-state index in [4.69, 9.17) is 0 Å². The summed E-state index contributed by atoms with van der Waals surface area (Å²) in [6, 6.07) is 10.5. The molecule has 0 spiro atoms. The second-order valence-electron chi connectivity index (χ2n) is 3.40. The molecule has 1 radical (unpaired) electrons. The Morgan fingerprint density at radius 3 is 2.33 bits per heavy atom. The highest BCUT2D eigenvalue weighted by Gasteiger charge is 2.11. The first-order chi connectivity index (χ1) is 5.75. The number of rotatable bonds is 3. The lowest BCUT2D eigenvalue weighted by Crippen LogP contribution is -2.04. The minimum Gasteiger partial charge on any atom is -0.0651 e. The van der Waals surface area contributed by atoms with Gasteiger partial charge in [-0.15, -0.1) is 0 Å². The lowest BCUT2D eigenvalue weighted by molar-refractivity contribution is 0.504. The van der Waals surface area contributed by atoms with Crippen LogP contribution < -0.4 is 0 Å². The average Bonchev–Trinajstić information content (AvgIpc) is 2.17. The third-order valence-corrected chi connectivity index (χ3v) is 2.56. The molecular weight excluding hydrogens is 144 g/mol. The van der Waals surface area contributed by atoms with E-state index in [0.29, 0.717) is 11.8 Å². The van der Waals surface area contributed by atoms with Crippen molar-refractivity contribution in [3.63, 3.8) is 0 Å². The number of hydrogen-bond acceptors (Lipinski definition) is 0. The maximum atomic E-state index is 4.18. The maximum Gasteiger partial charge on any atom is -0.0136 e. The minimum absolute atomic E-state index is 0.441. The molecule has 0 aliphatic rings. The van der Waals surface area contributed by atoms with Crippen molar-refractivity contribution in [2.75, 3.05) is 0 Å². The Hall–Kier alpha value is -0.780. The van der Waals surface area contributed by atoms with Crippen LogP contribution in [0.15, 0.2) is 30.3 Å². The van der Waals surface area contributed by atoms with Crippen molar-refractivity contribution in [2.24, 2.45) is 5.92 Å². The SMILES string of the molecule is [CH2]C(c1ccccc1)C(C)CC. The number of hydrogen-bond donors (Lipinski definition) is 0. The summed E-state index contributed by atoms with van der Waals surface area (Å²) < 4.78 is 0. The molecule has 0 amide bonds. The van der Waals surface area contributed by atoms with E-state index >= 15 is 0 Å². The molecule has 2 unspecified atom stereocenters. The summed E-state index contributed by atoms with van der Waals surface area (Å²) in [5, 5.41) is 0. The maximum absolute atomic E-state index is 4.18. The van der Waals surface area contributed by atoms with Gasteiger partial charge in [0.15, 0.2) is 0 Å². The lowest BCUT2D eigenvalue weighted by Gasteiger charge is -2.18. The van der Waals surface area contributed by atoms with Gasteiger partial charge in [0.1, 0.15) is 0 Å². The fourth-order valence-corrected chi connectivity index (χ4v) is 1.31. The second-order valence-corrected chi connectivity index (χ2v) is 3.40. The summed E-state index contributed by atoms with van der Waals surface area (Å²) in [7, 11) is 0. The van der Waals surface area contributed by atoms with Crippen molar-refractivity contribution in [3.05, 3.63) is 42.8 Å². The molecule has 1 aromatic carbocycles. The van der Waals surface area contributed by atoms with Crippen LogP contribution in [0.25, 0.3) is 0 Å². The van der Waals surface area contributed by atoms with E-state index in [-0.39, 0.29) is 0 Å². The van der Waals surface area contributed by atoms with Crippen LogP contribution in [-0.4, -0.2) is 0 Å². The molecule has 1 aromatic rings. The van der Waals surface area contributed by atoms with E-state index in [1.54, 1.807) is 0 Å². The van der Waals surface area contributed by atoms with Gasteiger partial charge < -0.3 is 0 Å². The molecule has 0 bridgehead atoms. The van der Waals surface area contributed by atoms with Crippen LogP contribution in [0.3, 0.4) is 0 Å². The number of benzene rings is 1. The van der Waals surface area contributed by atoms with Crippen LogP contribution >= 0.6 is 0 Å². The monoisotopic (exact) mass is 161 g/mol. The molecular formula is C12H17. The Morgan fingerprint density at radius 1 is 1.25 bits per heavy atom. The van der Waals surface area contributed by atoms with Gasteiger partial charge in [-0.1, -0.05) is 50.6 Å². The van der Waals surface area contributed by atoms with Crippen molar-refractivity contribution in [3.8, 4) is 0 Å². The molecule has 0 N–H and O–H groups in total.